The van der Waals surface area contributed by atoms with Crippen LogP contribution in [0.5, 0.6) is 0 Å². The van der Waals surface area contributed by atoms with E-state index in [9.17, 15) is 12.8 Å². The van der Waals surface area contributed by atoms with Gasteiger partial charge in [0.2, 0.25) is 10.0 Å². The van der Waals surface area contributed by atoms with Crippen molar-refractivity contribution in [3.8, 4) is 0 Å². The van der Waals surface area contributed by atoms with E-state index in [4.69, 9.17) is 0 Å². The van der Waals surface area contributed by atoms with E-state index in [1.165, 1.54) is 22.5 Å². The van der Waals surface area contributed by atoms with Gasteiger partial charge in [0.05, 0.1) is 0 Å². The third-order valence-corrected chi connectivity index (χ3v) is 6.34. The molecular weight excluding hydrogens is 277 g/mol. The van der Waals surface area contributed by atoms with Crippen molar-refractivity contribution in [2.75, 3.05) is 7.05 Å². The molecule has 1 aromatic rings. The first-order valence-electron chi connectivity index (χ1n) is 7.19. The van der Waals surface area contributed by atoms with Gasteiger partial charge in [-0.15, -0.1) is 0 Å². The molecular formula is C15H22FNO2S. The normalized spacial score (nSPS) is 24.0. The minimum atomic E-state index is -3.74. The van der Waals surface area contributed by atoms with Crippen LogP contribution in [0.25, 0.3) is 0 Å². The Balaban J connectivity index is 2.16. The van der Waals surface area contributed by atoms with Crippen LogP contribution in [0.1, 0.15) is 39.0 Å². The molecule has 0 heterocycles. The standard InChI is InChI=1S/C15H22FNO2S/c1-3-12-8-10-13(11-9-12)17(2)20(18,19)15-7-5-4-6-14(15)16/h4-7,12-13H,3,8-11H2,1-2H3. The van der Waals surface area contributed by atoms with Crippen LogP contribution < -0.4 is 0 Å². The first-order chi connectivity index (χ1) is 9.46. The summed E-state index contributed by atoms with van der Waals surface area (Å²) in [5.41, 5.74) is 0. The molecule has 1 aromatic carbocycles. The first-order valence-corrected chi connectivity index (χ1v) is 8.63. The Morgan fingerprint density at radius 1 is 1.20 bits per heavy atom. The highest BCUT2D eigenvalue weighted by atomic mass is 32.2. The monoisotopic (exact) mass is 299 g/mol. The van der Waals surface area contributed by atoms with Crippen molar-refractivity contribution in [2.45, 2.75) is 50.0 Å². The molecule has 0 N–H and O–H groups in total. The maximum Gasteiger partial charge on any atom is 0.245 e. The van der Waals surface area contributed by atoms with Crippen LogP contribution in [0.2, 0.25) is 0 Å². The zero-order chi connectivity index (χ0) is 14.8. The molecule has 0 spiro atoms. The summed E-state index contributed by atoms with van der Waals surface area (Å²) in [6.45, 7) is 2.17. The Kier molecular flexibility index (Phi) is 4.81. The highest BCUT2D eigenvalue weighted by molar-refractivity contribution is 7.89. The van der Waals surface area contributed by atoms with E-state index in [0.717, 1.165) is 32.1 Å². The maximum atomic E-state index is 13.7. The predicted molar refractivity (Wildman–Crippen MR) is 77.4 cm³/mol. The Morgan fingerprint density at radius 3 is 2.35 bits per heavy atom. The van der Waals surface area contributed by atoms with Crippen molar-refractivity contribution in [1.82, 2.24) is 4.31 Å². The maximum absolute atomic E-state index is 13.7. The van der Waals surface area contributed by atoms with Gasteiger partial charge in [0.15, 0.2) is 0 Å². The number of rotatable bonds is 4. The van der Waals surface area contributed by atoms with E-state index in [-0.39, 0.29) is 10.9 Å². The van der Waals surface area contributed by atoms with Crippen molar-refractivity contribution in [2.24, 2.45) is 5.92 Å². The molecule has 1 saturated carbocycles. The summed E-state index contributed by atoms with van der Waals surface area (Å²) in [4.78, 5) is -0.222. The molecule has 0 saturated heterocycles. The van der Waals surface area contributed by atoms with Crippen LogP contribution >= 0.6 is 0 Å². The van der Waals surface area contributed by atoms with Gasteiger partial charge in [-0.2, -0.15) is 4.31 Å². The van der Waals surface area contributed by atoms with Crippen LogP contribution in [0, 0.1) is 11.7 Å². The van der Waals surface area contributed by atoms with Crippen LogP contribution in [0.3, 0.4) is 0 Å². The molecule has 0 radical (unpaired) electrons. The van der Waals surface area contributed by atoms with Gasteiger partial charge < -0.3 is 0 Å². The summed E-state index contributed by atoms with van der Waals surface area (Å²) in [6.07, 6.45) is 4.98. The topological polar surface area (TPSA) is 37.4 Å². The van der Waals surface area contributed by atoms with E-state index in [1.54, 1.807) is 13.1 Å². The Hall–Kier alpha value is -0.940. The molecule has 5 heteroatoms. The second-order valence-electron chi connectivity index (χ2n) is 5.53. The number of halogens is 1. The molecule has 1 aliphatic rings. The molecule has 0 bridgehead atoms. The lowest BCUT2D eigenvalue weighted by molar-refractivity contribution is 0.232. The van der Waals surface area contributed by atoms with Gasteiger partial charge >= 0.3 is 0 Å². The molecule has 0 atom stereocenters. The first kappa shape index (κ1) is 15.4. The lowest BCUT2D eigenvalue weighted by Crippen LogP contribution is -2.39. The smallest absolute Gasteiger partial charge is 0.207 e. The molecule has 2 rings (SSSR count). The molecule has 0 amide bonds. The van der Waals surface area contributed by atoms with Crippen LogP contribution in [-0.4, -0.2) is 25.8 Å². The molecule has 1 fully saturated rings. The van der Waals surface area contributed by atoms with Crippen LogP contribution in [0.4, 0.5) is 4.39 Å². The lowest BCUT2D eigenvalue weighted by atomic mass is 9.85. The number of benzene rings is 1. The number of sulfonamides is 1. The van der Waals surface area contributed by atoms with Gasteiger partial charge in [0.25, 0.3) is 0 Å². The molecule has 20 heavy (non-hydrogen) atoms. The number of nitrogens with zero attached hydrogens (tertiary/aromatic N) is 1. The van der Waals surface area contributed by atoms with E-state index in [0.29, 0.717) is 5.92 Å². The van der Waals surface area contributed by atoms with Gasteiger partial charge in [-0.25, -0.2) is 12.8 Å². The number of hydrogen-bond donors (Lipinski definition) is 0. The zero-order valence-corrected chi connectivity index (χ0v) is 12.9. The average molecular weight is 299 g/mol. The summed E-state index contributed by atoms with van der Waals surface area (Å²) in [6, 6.07) is 5.56. The third kappa shape index (κ3) is 3.04. The van der Waals surface area contributed by atoms with E-state index < -0.39 is 15.8 Å². The molecule has 0 aliphatic heterocycles. The zero-order valence-electron chi connectivity index (χ0n) is 12.0. The summed E-state index contributed by atoms with van der Waals surface area (Å²) < 4.78 is 40.1. The average Bonchev–Trinajstić information content (AvgIpc) is 2.47. The predicted octanol–water partition coefficient (Wildman–Crippen LogP) is 3.42. The van der Waals surface area contributed by atoms with E-state index in [2.05, 4.69) is 6.92 Å². The molecule has 3 nitrogen and oxygen atoms in total. The van der Waals surface area contributed by atoms with Crippen LogP contribution in [0.15, 0.2) is 29.2 Å². The molecule has 0 unspecified atom stereocenters. The second kappa shape index (κ2) is 6.22. The van der Waals surface area contributed by atoms with E-state index >= 15 is 0 Å². The Bertz CT molecular complexity index is 551. The highest BCUT2D eigenvalue weighted by Crippen LogP contribution is 2.31. The van der Waals surface area contributed by atoms with Gasteiger partial charge in [-0.3, -0.25) is 0 Å². The summed E-state index contributed by atoms with van der Waals surface area (Å²) >= 11 is 0. The Morgan fingerprint density at radius 2 is 1.80 bits per heavy atom. The quantitative estimate of drug-likeness (QED) is 0.854. The van der Waals surface area contributed by atoms with Crippen molar-refractivity contribution in [3.63, 3.8) is 0 Å². The van der Waals surface area contributed by atoms with E-state index in [1.807, 2.05) is 0 Å². The summed E-state index contributed by atoms with van der Waals surface area (Å²) in [7, 11) is -2.17. The van der Waals surface area contributed by atoms with Gasteiger partial charge in [-0.05, 0) is 43.7 Å². The summed E-state index contributed by atoms with van der Waals surface area (Å²) in [5, 5.41) is 0. The molecule has 1 aliphatic carbocycles. The Labute approximate surface area is 120 Å². The minimum absolute atomic E-state index is 0.0117. The molecule has 0 aromatic heterocycles. The fourth-order valence-corrected chi connectivity index (χ4v) is 4.40. The van der Waals surface area contributed by atoms with Crippen molar-refractivity contribution < 1.29 is 12.8 Å². The fourth-order valence-electron chi connectivity index (χ4n) is 2.92. The van der Waals surface area contributed by atoms with Crippen molar-refractivity contribution in [1.29, 1.82) is 0 Å². The van der Waals surface area contributed by atoms with Gasteiger partial charge in [-0.1, -0.05) is 25.5 Å². The van der Waals surface area contributed by atoms with Crippen LogP contribution in [-0.2, 0) is 10.0 Å². The van der Waals surface area contributed by atoms with Crippen molar-refractivity contribution >= 4 is 10.0 Å². The van der Waals surface area contributed by atoms with Gasteiger partial charge in [0.1, 0.15) is 10.7 Å². The third-order valence-electron chi connectivity index (χ3n) is 4.40. The lowest BCUT2D eigenvalue weighted by Gasteiger charge is -2.33. The second-order valence-corrected chi connectivity index (χ2v) is 7.50. The van der Waals surface area contributed by atoms with Gasteiger partial charge in [0, 0.05) is 13.1 Å². The minimum Gasteiger partial charge on any atom is -0.207 e. The van der Waals surface area contributed by atoms with Crippen molar-refractivity contribution in [3.05, 3.63) is 30.1 Å². The molecule has 112 valence electrons. The largest absolute Gasteiger partial charge is 0.245 e. The fraction of sp³-hybridized carbons (Fsp3) is 0.600. The highest BCUT2D eigenvalue weighted by Gasteiger charge is 2.32. The SMILES string of the molecule is CCC1CCC(N(C)S(=O)(=O)c2ccccc2F)CC1. The number of hydrogen-bond acceptors (Lipinski definition) is 2. The summed E-state index contributed by atoms with van der Waals surface area (Å²) in [5.74, 6) is 0.0254.